The second-order valence-electron chi connectivity index (χ2n) is 3.09. The van der Waals surface area contributed by atoms with E-state index in [1.807, 2.05) is 0 Å². The Labute approximate surface area is 103 Å². The average molecular weight is 303 g/mol. The van der Waals surface area contributed by atoms with Gasteiger partial charge in [-0.2, -0.15) is 0 Å². The Hall–Kier alpha value is -1.07. The maximum atomic E-state index is 13.3. The fourth-order valence-corrected chi connectivity index (χ4v) is 2.39. The van der Waals surface area contributed by atoms with E-state index in [0.29, 0.717) is 5.56 Å². The third kappa shape index (κ3) is 2.20. The minimum Gasteiger partial charge on any atom is -0.288 e. The van der Waals surface area contributed by atoms with E-state index < -0.39 is 17.4 Å². The van der Waals surface area contributed by atoms with Crippen molar-refractivity contribution in [3.8, 4) is 0 Å². The highest BCUT2D eigenvalue weighted by molar-refractivity contribution is 9.11. The Morgan fingerprint density at radius 1 is 1.25 bits per heavy atom. The maximum Gasteiger partial charge on any atom is 0.196 e. The minimum atomic E-state index is -0.714. The second-order valence-corrected chi connectivity index (χ2v) is 5.38. The Kier molecular flexibility index (Phi) is 3.16. The molecule has 0 fully saturated rings. The van der Waals surface area contributed by atoms with Gasteiger partial charge in [-0.1, -0.05) is 0 Å². The van der Waals surface area contributed by atoms with Crippen LogP contribution in [0, 0.1) is 11.6 Å². The summed E-state index contributed by atoms with van der Waals surface area (Å²) in [6.07, 6.45) is 0. The van der Waals surface area contributed by atoms with E-state index >= 15 is 0 Å². The van der Waals surface area contributed by atoms with Crippen molar-refractivity contribution >= 4 is 33.0 Å². The van der Waals surface area contributed by atoms with Gasteiger partial charge in [0.2, 0.25) is 0 Å². The van der Waals surface area contributed by atoms with Gasteiger partial charge in [0, 0.05) is 10.9 Å². The molecule has 1 nitrogen and oxygen atoms in total. The summed E-state index contributed by atoms with van der Waals surface area (Å²) in [6, 6.07) is 4.42. The first-order valence-electron chi connectivity index (χ1n) is 4.31. The molecule has 0 unspecified atom stereocenters. The number of hydrogen-bond acceptors (Lipinski definition) is 2. The molecule has 0 saturated carbocycles. The van der Waals surface area contributed by atoms with Crippen LogP contribution in [0.5, 0.6) is 0 Å². The zero-order valence-corrected chi connectivity index (χ0v) is 10.2. The molecule has 0 aliphatic heterocycles. The van der Waals surface area contributed by atoms with Crippen molar-refractivity contribution in [2.45, 2.75) is 0 Å². The molecule has 2 aromatic rings. The Balaban J connectivity index is 2.45. The quantitative estimate of drug-likeness (QED) is 0.766. The molecule has 0 radical (unpaired) electrons. The molecule has 1 aromatic heterocycles. The van der Waals surface area contributed by atoms with Gasteiger partial charge < -0.3 is 0 Å². The van der Waals surface area contributed by atoms with Gasteiger partial charge in [-0.3, -0.25) is 4.79 Å². The second kappa shape index (κ2) is 4.43. The van der Waals surface area contributed by atoms with Crippen LogP contribution in [0.4, 0.5) is 8.78 Å². The SMILES string of the molecule is O=C(c1csc(Br)c1)c1cc(F)ccc1F. The Morgan fingerprint density at radius 2 is 2.00 bits per heavy atom. The van der Waals surface area contributed by atoms with E-state index in [9.17, 15) is 13.6 Å². The van der Waals surface area contributed by atoms with Gasteiger partial charge in [0.05, 0.1) is 9.35 Å². The highest BCUT2D eigenvalue weighted by atomic mass is 79.9. The van der Waals surface area contributed by atoms with Crippen molar-refractivity contribution in [3.63, 3.8) is 0 Å². The molecular weight excluding hydrogens is 298 g/mol. The molecular formula is C11H5BrF2OS. The fraction of sp³-hybridized carbons (Fsp3) is 0. The fourth-order valence-electron chi connectivity index (χ4n) is 1.26. The van der Waals surface area contributed by atoms with Crippen LogP contribution in [0.2, 0.25) is 0 Å². The van der Waals surface area contributed by atoms with Gasteiger partial charge in [-0.15, -0.1) is 11.3 Å². The van der Waals surface area contributed by atoms with Gasteiger partial charge in [0.15, 0.2) is 5.78 Å². The number of rotatable bonds is 2. The number of thiophene rings is 1. The highest BCUT2D eigenvalue weighted by Gasteiger charge is 2.16. The molecule has 0 amide bonds. The van der Waals surface area contributed by atoms with E-state index in [0.717, 1.165) is 22.0 Å². The van der Waals surface area contributed by atoms with Crippen LogP contribution in [0.3, 0.4) is 0 Å². The number of halogens is 3. The Morgan fingerprint density at radius 3 is 2.62 bits per heavy atom. The molecule has 0 saturated heterocycles. The van der Waals surface area contributed by atoms with Crippen molar-refractivity contribution in [1.29, 1.82) is 0 Å². The zero-order valence-electron chi connectivity index (χ0n) is 7.84. The summed E-state index contributed by atoms with van der Waals surface area (Å²) >= 11 is 4.52. The predicted molar refractivity (Wildman–Crippen MR) is 61.8 cm³/mol. The van der Waals surface area contributed by atoms with E-state index in [1.165, 1.54) is 11.3 Å². The normalized spacial score (nSPS) is 10.4. The molecule has 0 aliphatic rings. The molecule has 0 N–H and O–H groups in total. The third-order valence-corrected chi connectivity index (χ3v) is 3.51. The van der Waals surface area contributed by atoms with Crippen LogP contribution in [0.15, 0.2) is 33.4 Å². The van der Waals surface area contributed by atoms with Crippen molar-refractivity contribution < 1.29 is 13.6 Å². The predicted octanol–water partition coefficient (Wildman–Crippen LogP) is 4.02. The summed E-state index contributed by atoms with van der Waals surface area (Å²) in [5.41, 5.74) is 0.103. The number of benzene rings is 1. The minimum absolute atomic E-state index is 0.245. The standard InChI is InChI=1S/C11H5BrF2OS/c12-10-3-6(5-16-10)11(15)8-4-7(13)1-2-9(8)14/h1-5H. The van der Waals surface area contributed by atoms with Crippen LogP contribution < -0.4 is 0 Å². The number of carbonyl (C=O) groups excluding carboxylic acids is 1. The van der Waals surface area contributed by atoms with Gasteiger partial charge >= 0.3 is 0 Å². The molecule has 0 atom stereocenters. The molecule has 1 aromatic carbocycles. The van der Waals surface area contributed by atoms with E-state index in [4.69, 9.17) is 0 Å². The summed E-state index contributed by atoms with van der Waals surface area (Å²) in [5, 5.41) is 1.59. The monoisotopic (exact) mass is 302 g/mol. The van der Waals surface area contributed by atoms with Crippen molar-refractivity contribution in [3.05, 3.63) is 56.2 Å². The average Bonchev–Trinajstić information content (AvgIpc) is 2.67. The van der Waals surface area contributed by atoms with Gasteiger partial charge in [0.1, 0.15) is 11.6 Å². The van der Waals surface area contributed by atoms with Crippen LogP contribution in [-0.2, 0) is 0 Å². The lowest BCUT2D eigenvalue weighted by Gasteiger charge is -2.00. The first-order valence-corrected chi connectivity index (χ1v) is 5.99. The first-order chi connectivity index (χ1) is 7.58. The molecule has 82 valence electrons. The van der Waals surface area contributed by atoms with E-state index in [1.54, 1.807) is 11.4 Å². The van der Waals surface area contributed by atoms with E-state index in [-0.39, 0.29) is 5.56 Å². The van der Waals surface area contributed by atoms with Crippen molar-refractivity contribution in [2.75, 3.05) is 0 Å². The summed E-state index contributed by atoms with van der Waals surface area (Å²) in [7, 11) is 0. The molecule has 16 heavy (non-hydrogen) atoms. The summed E-state index contributed by atoms with van der Waals surface area (Å²) < 4.78 is 27.0. The molecule has 5 heteroatoms. The molecule has 2 rings (SSSR count). The molecule has 0 spiro atoms. The smallest absolute Gasteiger partial charge is 0.196 e. The van der Waals surface area contributed by atoms with Crippen LogP contribution in [-0.4, -0.2) is 5.78 Å². The number of ketones is 1. The summed E-state index contributed by atoms with van der Waals surface area (Å²) in [6.45, 7) is 0. The molecule has 0 bridgehead atoms. The maximum absolute atomic E-state index is 13.3. The van der Waals surface area contributed by atoms with Crippen molar-refractivity contribution in [2.24, 2.45) is 0 Å². The molecule has 1 heterocycles. The van der Waals surface area contributed by atoms with Crippen LogP contribution in [0.1, 0.15) is 15.9 Å². The highest BCUT2D eigenvalue weighted by Crippen LogP contribution is 2.23. The lowest BCUT2D eigenvalue weighted by molar-refractivity contribution is 0.103. The number of hydrogen-bond donors (Lipinski definition) is 0. The summed E-state index contributed by atoms with van der Waals surface area (Å²) in [5.74, 6) is -1.85. The molecule has 0 aliphatic carbocycles. The van der Waals surface area contributed by atoms with Gasteiger partial charge in [-0.05, 0) is 40.2 Å². The Bertz CT molecular complexity index is 551. The lowest BCUT2D eigenvalue weighted by atomic mass is 10.1. The number of carbonyl (C=O) groups is 1. The van der Waals surface area contributed by atoms with Gasteiger partial charge in [0.25, 0.3) is 0 Å². The topological polar surface area (TPSA) is 17.1 Å². The van der Waals surface area contributed by atoms with Crippen molar-refractivity contribution in [1.82, 2.24) is 0 Å². The van der Waals surface area contributed by atoms with Crippen LogP contribution in [0.25, 0.3) is 0 Å². The van der Waals surface area contributed by atoms with E-state index in [2.05, 4.69) is 15.9 Å². The zero-order chi connectivity index (χ0) is 11.7. The van der Waals surface area contributed by atoms with Gasteiger partial charge in [-0.25, -0.2) is 8.78 Å². The summed E-state index contributed by atoms with van der Waals surface area (Å²) in [4.78, 5) is 11.8. The largest absolute Gasteiger partial charge is 0.288 e. The third-order valence-electron chi connectivity index (χ3n) is 2.00. The van der Waals surface area contributed by atoms with Crippen LogP contribution >= 0.6 is 27.3 Å². The first kappa shape index (κ1) is 11.4. The lowest BCUT2D eigenvalue weighted by Crippen LogP contribution is -2.03.